The van der Waals surface area contributed by atoms with Gasteiger partial charge in [-0.05, 0) is 50.9 Å². The zero-order valence-corrected chi connectivity index (χ0v) is 11.7. The molecule has 0 heterocycles. The molecule has 1 aromatic carbocycles. The van der Waals surface area contributed by atoms with Gasteiger partial charge in [0, 0.05) is 13.2 Å². The van der Waals surface area contributed by atoms with Gasteiger partial charge in [0.25, 0.3) is 0 Å². The Morgan fingerprint density at radius 2 is 2.11 bits per heavy atom. The molecule has 18 heavy (non-hydrogen) atoms. The Bertz CT molecular complexity index is 328. The summed E-state index contributed by atoms with van der Waals surface area (Å²) < 4.78 is 10.8. The monoisotopic (exact) mass is 251 g/mol. The number of hydrogen-bond acceptors (Lipinski definition) is 3. The van der Waals surface area contributed by atoms with Crippen LogP contribution in [-0.4, -0.2) is 26.8 Å². The summed E-state index contributed by atoms with van der Waals surface area (Å²) in [5, 5.41) is 3.24. The summed E-state index contributed by atoms with van der Waals surface area (Å²) in [6.07, 6.45) is 3.49. The molecular formula is C15H25NO2. The highest BCUT2D eigenvalue weighted by molar-refractivity contribution is 5.28. The van der Waals surface area contributed by atoms with Crippen LogP contribution in [0, 0.1) is 0 Å². The molecule has 1 atom stereocenters. The van der Waals surface area contributed by atoms with E-state index in [-0.39, 0.29) is 0 Å². The van der Waals surface area contributed by atoms with E-state index in [0.717, 1.165) is 24.3 Å². The van der Waals surface area contributed by atoms with Gasteiger partial charge in [-0.25, -0.2) is 0 Å². The first-order valence-corrected chi connectivity index (χ1v) is 6.64. The fraction of sp³-hybridized carbons (Fsp3) is 0.600. The van der Waals surface area contributed by atoms with Crippen molar-refractivity contribution >= 4 is 0 Å². The van der Waals surface area contributed by atoms with Crippen molar-refractivity contribution in [2.45, 2.75) is 38.8 Å². The van der Waals surface area contributed by atoms with Crippen LogP contribution in [0.25, 0.3) is 0 Å². The van der Waals surface area contributed by atoms with Crippen LogP contribution in [0.1, 0.15) is 31.7 Å². The minimum Gasteiger partial charge on any atom is -0.494 e. The molecule has 0 aliphatic heterocycles. The second-order valence-corrected chi connectivity index (χ2v) is 4.61. The largest absolute Gasteiger partial charge is 0.494 e. The van der Waals surface area contributed by atoms with E-state index in [1.165, 1.54) is 12.8 Å². The van der Waals surface area contributed by atoms with Gasteiger partial charge in [-0.2, -0.15) is 0 Å². The van der Waals surface area contributed by atoms with E-state index in [1.807, 2.05) is 31.3 Å². The van der Waals surface area contributed by atoms with Crippen molar-refractivity contribution in [3.63, 3.8) is 0 Å². The molecule has 0 aliphatic rings. The highest BCUT2D eigenvalue weighted by Gasteiger charge is 1.99. The van der Waals surface area contributed by atoms with E-state index < -0.39 is 0 Å². The van der Waals surface area contributed by atoms with Gasteiger partial charge in [-0.15, -0.1) is 0 Å². The number of methoxy groups -OCH3 is 1. The molecule has 0 aromatic heterocycles. The van der Waals surface area contributed by atoms with Gasteiger partial charge in [-0.1, -0.05) is 12.1 Å². The van der Waals surface area contributed by atoms with E-state index in [4.69, 9.17) is 9.47 Å². The fourth-order valence-corrected chi connectivity index (χ4v) is 1.78. The molecule has 0 aliphatic carbocycles. The van der Waals surface area contributed by atoms with Crippen molar-refractivity contribution in [1.82, 2.24) is 5.32 Å². The van der Waals surface area contributed by atoms with Crippen LogP contribution in [-0.2, 0) is 11.3 Å². The topological polar surface area (TPSA) is 30.5 Å². The number of ether oxygens (including phenoxy) is 2. The standard InChI is InChI=1S/C15H25NO2/c1-13(16-2)7-4-5-10-18-15-9-6-8-14(11-15)12-17-3/h6,8-9,11,13,16H,4-5,7,10,12H2,1-3H3. The molecule has 3 heteroatoms. The molecule has 1 aromatic rings. The van der Waals surface area contributed by atoms with Gasteiger partial charge in [0.1, 0.15) is 5.75 Å². The molecule has 0 saturated heterocycles. The lowest BCUT2D eigenvalue weighted by Crippen LogP contribution is -2.20. The van der Waals surface area contributed by atoms with Crippen LogP contribution in [0.5, 0.6) is 5.75 Å². The van der Waals surface area contributed by atoms with Crippen LogP contribution in [0.4, 0.5) is 0 Å². The quantitative estimate of drug-likeness (QED) is 0.684. The minimum atomic E-state index is 0.593. The van der Waals surface area contributed by atoms with Gasteiger partial charge in [0.2, 0.25) is 0 Å². The molecule has 102 valence electrons. The molecule has 0 saturated carbocycles. The molecule has 3 nitrogen and oxygen atoms in total. The lowest BCUT2D eigenvalue weighted by molar-refractivity contribution is 0.184. The number of benzene rings is 1. The molecule has 0 bridgehead atoms. The third kappa shape index (κ3) is 6.03. The van der Waals surface area contributed by atoms with Crippen LogP contribution < -0.4 is 10.1 Å². The Kier molecular flexibility index (Phi) is 7.46. The second-order valence-electron chi connectivity index (χ2n) is 4.61. The molecular weight excluding hydrogens is 226 g/mol. The van der Waals surface area contributed by atoms with Crippen molar-refractivity contribution in [2.24, 2.45) is 0 Å². The zero-order chi connectivity index (χ0) is 13.2. The van der Waals surface area contributed by atoms with Crippen molar-refractivity contribution in [3.8, 4) is 5.75 Å². The maximum absolute atomic E-state index is 5.73. The number of hydrogen-bond donors (Lipinski definition) is 1. The molecule has 1 rings (SSSR count). The number of nitrogens with one attached hydrogen (secondary N) is 1. The Morgan fingerprint density at radius 1 is 1.28 bits per heavy atom. The first-order valence-electron chi connectivity index (χ1n) is 6.64. The number of unbranched alkanes of at least 4 members (excludes halogenated alkanes) is 1. The SMILES string of the molecule is CNC(C)CCCCOc1cccc(COC)c1. The summed E-state index contributed by atoms with van der Waals surface area (Å²) in [6, 6.07) is 8.68. The molecule has 1 unspecified atom stereocenters. The fourth-order valence-electron chi connectivity index (χ4n) is 1.78. The Labute approximate surface area is 110 Å². The summed E-state index contributed by atoms with van der Waals surface area (Å²) >= 11 is 0. The lowest BCUT2D eigenvalue weighted by atomic mass is 10.1. The van der Waals surface area contributed by atoms with E-state index in [2.05, 4.69) is 12.2 Å². The highest BCUT2D eigenvalue weighted by atomic mass is 16.5. The average molecular weight is 251 g/mol. The van der Waals surface area contributed by atoms with E-state index in [0.29, 0.717) is 12.6 Å². The maximum atomic E-state index is 5.73. The lowest BCUT2D eigenvalue weighted by Gasteiger charge is -2.10. The van der Waals surface area contributed by atoms with Gasteiger partial charge >= 0.3 is 0 Å². The van der Waals surface area contributed by atoms with Crippen LogP contribution in [0.15, 0.2) is 24.3 Å². The normalized spacial score (nSPS) is 12.4. The summed E-state index contributed by atoms with van der Waals surface area (Å²) in [4.78, 5) is 0. The van der Waals surface area contributed by atoms with Crippen molar-refractivity contribution in [2.75, 3.05) is 20.8 Å². The van der Waals surface area contributed by atoms with Crippen LogP contribution in [0.3, 0.4) is 0 Å². The number of rotatable bonds is 9. The zero-order valence-electron chi connectivity index (χ0n) is 11.7. The Morgan fingerprint density at radius 3 is 2.83 bits per heavy atom. The summed E-state index contributed by atoms with van der Waals surface area (Å²) in [7, 11) is 3.71. The Balaban J connectivity index is 2.20. The van der Waals surface area contributed by atoms with Gasteiger partial charge in [0.15, 0.2) is 0 Å². The third-order valence-corrected chi connectivity index (χ3v) is 3.00. The van der Waals surface area contributed by atoms with Crippen molar-refractivity contribution in [3.05, 3.63) is 29.8 Å². The summed E-state index contributed by atoms with van der Waals surface area (Å²) in [5.41, 5.74) is 1.15. The molecule has 1 N–H and O–H groups in total. The maximum Gasteiger partial charge on any atom is 0.119 e. The predicted molar refractivity (Wildman–Crippen MR) is 75.0 cm³/mol. The molecule has 0 amide bonds. The molecule has 0 radical (unpaired) electrons. The Hall–Kier alpha value is -1.06. The smallest absolute Gasteiger partial charge is 0.119 e. The third-order valence-electron chi connectivity index (χ3n) is 3.00. The van der Waals surface area contributed by atoms with E-state index in [1.54, 1.807) is 7.11 Å². The van der Waals surface area contributed by atoms with Crippen molar-refractivity contribution in [1.29, 1.82) is 0 Å². The molecule has 0 fully saturated rings. The second kappa shape index (κ2) is 8.95. The summed E-state index contributed by atoms with van der Waals surface area (Å²) in [6.45, 7) is 3.62. The molecule has 0 spiro atoms. The van der Waals surface area contributed by atoms with E-state index >= 15 is 0 Å². The van der Waals surface area contributed by atoms with Gasteiger partial charge < -0.3 is 14.8 Å². The minimum absolute atomic E-state index is 0.593. The first kappa shape index (κ1) is 15.0. The first-order chi connectivity index (χ1) is 8.76. The van der Waals surface area contributed by atoms with Crippen LogP contribution in [0.2, 0.25) is 0 Å². The highest BCUT2D eigenvalue weighted by Crippen LogP contribution is 2.14. The van der Waals surface area contributed by atoms with Crippen molar-refractivity contribution < 1.29 is 9.47 Å². The predicted octanol–water partition coefficient (Wildman–Crippen LogP) is 2.99. The van der Waals surface area contributed by atoms with Gasteiger partial charge in [0.05, 0.1) is 13.2 Å². The summed E-state index contributed by atoms with van der Waals surface area (Å²) in [5.74, 6) is 0.936. The average Bonchev–Trinajstić information content (AvgIpc) is 2.39. The van der Waals surface area contributed by atoms with Gasteiger partial charge in [-0.3, -0.25) is 0 Å². The van der Waals surface area contributed by atoms with Crippen LogP contribution >= 0.6 is 0 Å². The van der Waals surface area contributed by atoms with E-state index in [9.17, 15) is 0 Å².